The Hall–Kier alpha value is -3.32. The summed E-state index contributed by atoms with van der Waals surface area (Å²) in [6.07, 6.45) is 1.35. The molecular weight excluding hydrogens is 258 g/mol. The first-order valence-corrected chi connectivity index (χ1v) is 5.48. The Bertz CT molecular complexity index is 764. The van der Waals surface area contributed by atoms with Gasteiger partial charge in [0.2, 0.25) is 0 Å². The normalized spacial score (nSPS) is 9.55. The van der Waals surface area contributed by atoms with Gasteiger partial charge in [0.1, 0.15) is 24.3 Å². The number of nitrogen functional groups attached to an aromatic ring is 1. The number of ether oxygens (including phenoxy) is 1. The maximum absolute atomic E-state index is 11.4. The fourth-order valence-electron chi connectivity index (χ4n) is 1.69. The zero-order chi connectivity index (χ0) is 14.7. The molecule has 0 fully saturated rings. The van der Waals surface area contributed by atoms with Crippen molar-refractivity contribution >= 4 is 11.8 Å². The highest BCUT2D eigenvalue weighted by Crippen LogP contribution is 2.20. The summed E-state index contributed by atoms with van der Waals surface area (Å²) in [5.74, 6) is -0.541. The number of anilines is 1. The number of carbonyl (C=O) groups is 1. The van der Waals surface area contributed by atoms with Gasteiger partial charge in [-0.05, 0) is 18.2 Å². The van der Waals surface area contributed by atoms with Crippen molar-refractivity contribution in [3.8, 4) is 17.8 Å². The van der Waals surface area contributed by atoms with Gasteiger partial charge in [0.15, 0.2) is 5.69 Å². The van der Waals surface area contributed by atoms with E-state index in [4.69, 9.17) is 16.3 Å². The third-order valence-electron chi connectivity index (χ3n) is 2.71. The number of imidazole rings is 1. The van der Waals surface area contributed by atoms with Crippen LogP contribution in [0.15, 0.2) is 24.5 Å². The van der Waals surface area contributed by atoms with Crippen LogP contribution in [-0.4, -0.2) is 22.6 Å². The van der Waals surface area contributed by atoms with Crippen LogP contribution in [0.5, 0.6) is 0 Å². The van der Waals surface area contributed by atoms with Gasteiger partial charge in [-0.3, -0.25) is 4.57 Å². The third kappa shape index (κ3) is 2.04. The molecule has 0 unspecified atom stereocenters. The molecule has 0 aliphatic rings. The highest BCUT2D eigenvalue weighted by Gasteiger charge is 2.17. The monoisotopic (exact) mass is 267 g/mol. The van der Waals surface area contributed by atoms with Gasteiger partial charge in [-0.15, -0.1) is 0 Å². The number of nitrogens with two attached hydrogens (primary N) is 1. The van der Waals surface area contributed by atoms with Crippen molar-refractivity contribution < 1.29 is 9.53 Å². The predicted octanol–water partition coefficient (Wildman–Crippen LogP) is 0.984. The molecule has 1 aromatic heterocycles. The van der Waals surface area contributed by atoms with Crippen LogP contribution in [0, 0.1) is 22.7 Å². The van der Waals surface area contributed by atoms with Crippen LogP contribution in [-0.2, 0) is 4.74 Å². The van der Waals surface area contributed by atoms with Crippen LogP contribution in [0.2, 0.25) is 0 Å². The molecule has 2 N–H and O–H groups in total. The summed E-state index contributed by atoms with van der Waals surface area (Å²) in [7, 11) is 1.23. The lowest BCUT2D eigenvalue weighted by Crippen LogP contribution is -2.07. The number of esters is 1. The Kier molecular flexibility index (Phi) is 3.36. The molecule has 0 aliphatic carbocycles. The molecule has 98 valence electrons. The standard InChI is InChI=1S/C13H9N5O2/c1-20-13(19)11-12(16)18(7-17-11)10-3-2-8(5-14)9(4-10)6-15/h2-4,7H,16H2,1H3. The van der Waals surface area contributed by atoms with Crippen molar-refractivity contribution in [3.63, 3.8) is 0 Å². The van der Waals surface area contributed by atoms with Crippen LogP contribution in [0.25, 0.3) is 5.69 Å². The highest BCUT2D eigenvalue weighted by atomic mass is 16.5. The number of hydrogen-bond acceptors (Lipinski definition) is 6. The van der Waals surface area contributed by atoms with Crippen LogP contribution in [0.3, 0.4) is 0 Å². The van der Waals surface area contributed by atoms with Gasteiger partial charge in [-0.1, -0.05) is 0 Å². The van der Waals surface area contributed by atoms with Crippen LogP contribution >= 0.6 is 0 Å². The number of methoxy groups -OCH3 is 1. The first-order chi connectivity index (χ1) is 9.62. The molecule has 0 spiro atoms. The molecule has 0 radical (unpaired) electrons. The number of benzene rings is 1. The van der Waals surface area contributed by atoms with Gasteiger partial charge in [-0.2, -0.15) is 10.5 Å². The van der Waals surface area contributed by atoms with Crippen molar-refractivity contribution in [2.45, 2.75) is 0 Å². The van der Waals surface area contributed by atoms with E-state index >= 15 is 0 Å². The van der Waals surface area contributed by atoms with Gasteiger partial charge < -0.3 is 10.5 Å². The lowest BCUT2D eigenvalue weighted by Gasteiger charge is -2.06. The smallest absolute Gasteiger partial charge is 0.360 e. The highest BCUT2D eigenvalue weighted by molar-refractivity contribution is 5.92. The SMILES string of the molecule is COC(=O)c1ncn(-c2ccc(C#N)c(C#N)c2)c1N. The Morgan fingerprint density at radius 3 is 2.65 bits per heavy atom. The van der Waals surface area contributed by atoms with E-state index in [1.807, 2.05) is 12.1 Å². The van der Waals surface area contributed by atoms with Gasteiger partial charge in [0.25, 0.3) is 0 Å². The summed E-state index contributed by atoms with van der Waals surface area (Å²) in [6.45, 7) is 0. The Labute approximate surface area is 114 Å². The van der Waals surface area contributed by atoms with Crippen LogP contribution < -0.4 is 5.73 Å². The maximum Gasteiger partial charge on any atom is 0.360 e. The largest absolute Gasteiger partial charge is 0.464 e. The molecule has 0 saturated heterocycles. The molecule has 1 heterocycles. The van der Waals surface area contributed by atoms with Gasteiger partial charge in [-0.25, -0.2) is 9.78 Å². The molecule has 7 nitrogen and oxygen atoms in total. The summed E-state index contributed by atoms with van der Waals surface area (Å²) in [5, 5.41) is 17.9. The third-order valence-corrected chi connectivity index (χ3v) is 2.71. The second-order valence-electron chi connectivity index (χ2n) is 3.79. The molecule has 0 bridgehead atoms. The second kappa shape index (κ2) is 5.12. The van der Waals surface area contributed by atoms with Crippen LogP contribution in [0.4, 0.5) is 5.82 Å². The first kappa shape index (κ1) is 13.1. The van der Waals surface area contributed by atoms with E-state index in [2.05, 4.69) is 9.72 Å². The summed E-state index contributed by atoms with van der Waals surface area (Å²) >= 11 is 0. The number of hydrogen-bond donors (Lipinski definition) is 1. The van der Waals surface area contributed by atoms with Crippen molar-refractivity contribution in [2.24, 2.45) is 0 Å². The van der Waals surface area contributed by atoms with E-state index < -0.39 is 5.97 Å². The van der Waals surface area contributed by atoms with Gasteiger partial charge in [0, 0.05) is 5.69 Å². The van der Waals surface area contributed by atoms with Crippen LogP contribution in [0.1, 0.15) is 21.6 Å². The van der Waals surface area contributed by atoms with Crippen molar-refractivity contribution in [2.75, 3.05) is 12.8 Å². The minimum absolute atomic E-state index is 0.00429. The fourth-order valence-corrected chi connectivity index (χ4v) is 1.69. The summed E-state index contributed by atoms with van der Waals surface area (Å²) in [4.78, 5) is 15.3. The average molecular weight is 267 g/mol. The minimum atomic E-state index is -0.643. The predicted molar refractivity (Wildman–Crippen MR) is 68.7 cm³/mol. The maximum atomic E-state index is 11.4. The average Bonchev–Trinajstić information content (AvgIpc) is 2.87. The summed E-state index contributed by atoms with van der Waals surface area (Å²) in [5.41, 5.74) is 6.84. The second-order valence-corrected chi connectivity index (χ2v) is 3.79. The molecule has 0 amide bonds. The zero-order valence-corrected chi connectivity index (χ0v) is 10.5. The van der Waals surface area contributed by atoms with Crippen molar-refractivity contribution in [1.29, 1.82) is 10.5 Å². The number of rotatable bonds is 2. The number of nitrogens with zero attached hydrogens (tertiary/aromatic N) is 4. The molecule has 0 atom stereocenters. The Morgan fingerprint density at radius 1 is 1.35 bits per heavy atom. The molecule has 0 saturated carbocycles. The van der Waals surface area contributed by atoms with E-state index in [1.54, 1.807) is 6.07 Å². The molecular formula is C13H9N5O2. The van der Waals surface area contributed by atoms with Crippen molar-refractivity contribution in [1.82, 2.24) is 9.55 Å². The minimum Gasteiger partial charge on any atom is -0.464 e. The van der Waals surface area contributed by atoms with E-state index in [1.165, 1.54) is 30.1 Å². The van der Waals surface area contributed by atoms with Gasteiger partial charge >= 0.3 is 5.97 Å². The number of carbonyl (C=O) groups excluding carboxylic acids is 1. The number of nitriles is 2. The summed E-state index contributed by atoms with van der Waals surface area (Å²) in [6, 6.07) is 8.46. The quantitative estimate of drug-likeness (QED) is 0.810. The van der Waals surface area contributed by atoms with E-state index in [9.17, 15) is 4.79 Å². The fraction of sp³-hybridized carbons (Fsp3) is 0.0769. The number of aromatic nitrogens is 2. The Morgan fingerprint density at radius 2 is 2.05 bits per heavy atom. The van der Waals surface area contributed by atoms with E-state index in [-0.39, 0.29) is 22.6 Å². The summed E-state index contributed by atoms with van der Waals surface area (Å²) < 4.78 is 6.00. The topological polar surface area (TPSA) is 118 Å². The first-order valence-electron chi connectivity index (χ1n) is 5.48. The molecule has 1 aromatic carbocycles. The zero-order valence-electron chi connectivity index (χ0n) is 10.5. The molecule has 2 rings (SSSR count). The lowest BCUT2D eigenvalue weighted by atomic mass is 10.1. The molecule has 20 heavy (non-hydrogen) atoms. The Balaban J connectivity index is 2.54. The lowest BCUT2D eigenvalue weighted by molar-refractivity contribution is 0.0596. The van der Waals surface area contributed by atoms with Gasteiger partial charge in [0.05, 0.1) is 18.2 Å². The molecule has 2 aromatic rings. The molecule has 7 heteroatoms. The van der Waals surface area contributed by atoms with Crippen molar-refractivity contribution in [3.05, 3.63) is 41.3 Å². The van der Waals surface area contributed by atoms with E-state index in [0.29, 0.717) is 5.69 Å². The van der Waals surface area contributed by atoms with E-state index in [0.717, 1.165) is 0 Å². The molecule has 0 aliphatic heterocycles.